The van der Waals surface area contributed by atoms with Gasteiger partial charge in [0.2, 0.25) is 0 Å². The minimum atomic E-state index is -0.0665. The Morgan fingerprint density at radius 3 is 2.65 bits per heavy atom. The molecule has 0 bridgehead atoms. The lowest BCUT2D eigenvalue weighted by molar-refractivity contribution is 0.621. The molecule has 0 fully saturated rings. The van der Waals surface area contributed by atoms with Crippen LogP contribution in [0.5, 0.6) is 0 Å². The van der Waals surface area contributed by atoms with Gasteiger partial charge in [-0.3, -0.25) is 0 Å². The molecule has 3 heteroatoms. The third-order valence-electron chi connectivity index (χ3n) is 3.02. The first-order valence-electron chi connectivity index (χ1n) is 5.93. The van der Waals surface area contributed by atoms with E-state index in [9.17, 15) is 0 Å². The van der Waals surface area contributed by atoms with Gasteiger partial charge >= 0.3 is 0 Å². The summed E-state index contributed by atoms with van der Waals surface area (Å²) in [6, 6.07) is 8.63. The normalized spacial score (nSPS) is 11.9. The highest BCUT2D eigenvalue weighted by molar-refractivity contribution is 5.53. The number of nitrogens with zero attached hydrogens (tertiary/aromatic N) is 2. The maximum atomic E-state index is 8.87. The number of hydrogen-bond acceptors (Lipinski definition) is 3. The fourth-order valence-corrected chi connectivity index (χ4v) is 1.95. The van der Waals surface area contributed by atoms with Gasteiger partial charge in [0.15, 0.2) is 0 Å². The summed E-state index contributed by atoms with van der Waals surface area (Å²) >= 11 is 0. The lowest BCUT2D eigenvalue weighted by atomic mass is 10.1. The van der Waals surface area contributed by atoms with Gasteiger partial charge in [0, 0.05) is 19.3 Å². The maximum absolute atomic E-state index is 8.87. The average Bonchev–Trinajstić information content (AvgIpc) is 2.30. The van der Waals surface area contributed by atoms with Crippen molar-refractivity contribution in [1.82, 2.24) is 5.32 Å². The van der Waals surface area contributed by atoms with Crippen molar-refractivity contribution in [3.05, 3.63) is 29.3 Å². The van der Waals surface area contributed by atoms with Gasteiger partial charge < -0.3 is 10.2 Å². The summed E-state index contributed by atoms with van der Waals surface area (Å²) in [5.41, 5.74) is 3.80. The van der Waals surface area contributed by atoms with E-state index in [0.29, 0.717) is 0 Å². The Labute approximate surface area is 104 Å². The second kappa shape index (κ2) is 6.27. The highest BCUT2D eigenvalue weighted by Crippen LogP contribution is 2.20. The van der Waals surface area contributed by atoms with Gasteiger partial charge in [0.05, 0.1) is 12.1 Å². The lowest BCUT2D eigenvalue weighted by Crippen LogP contribution is -2.29. The first kappa shape index (κ1) is 13.5. The van der Waals surface area contributed by atoms with E-state index in [4.69, 9.17) is 5.26 Å². The number of aryl methyl sites for hydroxylation is 2. The molecular weight excluding hydrogens is 210 g/mol. The zero-order chi connectivity index (χ0) is 12.8. The molecule has 1 aromatic carbocycles. The van der Waals surface area contributed by atoms with Crippen molar-refractivity contribution in [2.24, 2.45) is 0 Å². The van der Waals surface area contributed by atoms with Crippen LogP contribution in [0.3, 0.4) is 0 Å². The Bertz CT molecular complexity index is 406. The Morgan fingerprint density at radius 2 is 2.12 bits per heavy atom. The molecule has 0 aliphatic carbocycles. The van der Waals surface area contributed by atoms with E-state index in [0.717, 1.165) is 13.0 Å². The standard InChI is InChI=1S/C14H21N3/c1-11-5-6-14(12(2)9-11)17(4)8-7-13(10-15)16-3/h5-6,9,13,16H,7-8H2,1-4H3. The largest absolute Gasteiger partial charge is 0.374 e. The topological polar surface area (TPSA) is 39.1 Å². The van der Waals surface area contributed by atoms with E-state index in [1.165, 1.54) is 16.8 Å². The first-order chi connectivity index (χ1) is 8.08. The van der Waals surface area contributed by atoms with Gasteiger partial charge in [-0.25, -0.2) is 0 Å². The minimum Gasteiger partial charge on any atom is -0.374 e. The van der Waals surface area contributed by atoms with E-state index in [2.05, 4.69) is 55.4 Å². The van der Waals surface area contributed by atoms with Gasteiger partial charge in [0.25, 0.3) is 0 Å². The quantitative estimate of drug-likeness (QED) is 0.844. The molecule has 1 rings (SSSR count). The number of anilines is 1. The molecule has 0 radical (unpaired) electrons. The molecule has 92 valence electrons. The fraction of sp³-hybridized carbons (Fsp3) is 0.500. The van der Waals surface area contributed by atoms with Crippen LogP contribution in [0.2, 0.25) is 0 Å². The van der Waals surface area contributed by atoms with Gasteiger partial charge in [-0.05, 0) is 38.9 Å². The Morgan fingerprint density at radius 1 is 1.41 bits per heavy atom. The van der Waals surface area contributed by atoms with E-state index >= 15 is 0 Å². The van der Waals surface area contributed by atoms with Crippen molar-refractivity contribution in [2.45, 2.75) is 26.3 Å². The van der Waals surface area contributed by atoms with Crippen molar-refractivity contribution in [3.8, 4) is 6.07 Å². The number of rotatable bonds is 5. The summed E-state index contributed by atoms with van der Waals surface area (Å²) in [4.78, 5) is 2.20. The number of nitrogens with one attached hydrogen (secondary N) is 1. The summed E-state index contributed by atoms with van der Waals surface area (Å²) in [6.07, 6.45) is 0.830. The Balaban J connectivity index is 2.64. The SMILES string of the molecule is CNC(C#N)CCN(C)c1ccc(C)cc1C. The van der Waals surface area contributed by atoms with Crippen molar-refractivity contribution in [1.29, 1.82) is 5.26 Å². The molecule has 0 amide bonds. The van der Waals surface area contributed by atoms with Crippen molar-refractivity contribution in [2.75, 3.05) is 25.5 Å². The summed E-state index contributed by atoms with van der Waals surface area (Å²) in [5.74, 6) is 0. The van der Waals surface area contributed by atoms with Crippen LogP contribution < -0.4 is 10.2 Å². The van der Waals surface area contributed by atoms with Crippen LogP contribution >= 0.6 is 0 Å². The van der Waals surface area contributed by atoms with Crippen molar-refractivity contribution >= 4 is 5.69 Å². The molecule has 3 nitrogen and oxygen atoms in total. The van der Waals surface area contributed by atoms with E-state index in [1.54, 1.807) is 0 Å². The van der Waals surface area contributed by atoms with Crippen LogP contribution in [-0.4, -0.2) is 26.7 Å². The average molecular weight is 231 g/mol. The predicted molar refractivity (Wildman–Crippen MR) is 72.3 cm³/mol. The van der Waals surface area contributed by atoms with Crippen LogP contribution in [0.15, 0.2) is 18.2 Å². The summed E-state index contributed by atoms with van der Waals surface area (Å²) in [7, 11) is 3.90. The van der Waals surface area contributed by atoms with E-state index in [1.807, 2.05) is 7.05 Å². The number of nitriles is 1. The molecule has 0 aromatic heterocycles. The first-order valence-corrected chi connectivity index (χ1v) is 5.93. The highest BCUT2D eigenvalue weighted by Gasteiger charge is 2.08. The van der Waals surface area contributed by atoms with E-state index < -0.39 is 0 Å². The Hall–Kier alpha value is -1.53. The van der Waals surface area contributed by atoms with Gasteiger partial charge in [-0.15, -0.1) is 0 Å². The van der Waals surface area contributed by atoms with Gasteiger partial charge in [-0.1, -0.05) is 17.7 Å². The van der Waals surface area contributed by atoms with Gasteiger partial charge in [0.1, 0.15) is 0 Å². The molecule has 17 heavy (non-hydrogen) atoms. The molecular formula is C14H21N3. The molecule has 1 N–H and O–H groups in total. The molecule has 0 aliphatic rings. The van der Waals surface area contributed by atoms with Crippen LogP contribution in [0.1, 0.15) is 17.5 Å². The molecule has 0 saturated heterocycles. The molecule has 1 unspecified atom stereocenters. The molecule has 0 spiro atoms. The van der Waals surface area contributed by atoms with Crippen LogP contribution in [0, 0.1) is 25.2 Å². The summed E-state index contributed by atoms with van der Waals surface area (Å²) in [6.45, 7) is 5.10. The Kier molecular flexibility index (Phi) is 4.99. The molecule has 0 aliphatic heterocycles. The molecule has 1 aromatic rings. The zero-order valence-electron chi connectivity index (χ0n) is 11.1. The van der Waals surface area contributed by atoms with E-state index in [-0.39, 0.29) is 6.04 Å². The molecule has 0 heterocycles. The van der Waals surface area contributed by atoms with Crippen molar-refractivity contribution < 1.29 is 0 Å². The predicted octanol–water partition coefficient (Wildman–Crippen LogP) is 2.24. The summed E-state index contributed by atoms with van der Waals surface area (Å²) < 4.78 is 0. The number of benzene rings is 1. The second-order valence-electron chi connectivity index (χ2n) is 4.47. The van der Waals surface area contributed by atoms with Crippen LogP contribution in [0.25, 0.3) is 0 Å². The second-order valence-corrected chi connectivity index (χ2v) is 4.47. The van der Waals surface area contributed by atoms with Gasteiger partial charge in [-0.2, -0.15) is 5.26 Å². The zero-order valence-corrected chi connectivity index (χ0v) is 11.1. The monoisotopic (exact) mass is 231 g/mol. The number of hydrogen-bond donors (Lipinski definition) is 1. The minimum absolute atomic E-state index is 0.0665. The third kappa shape index (κ3) is 3.76. The molecule has 1 atom stereocenters. The third-order valence-corrected chi connectivity index (χ3v) is 3.02. The smallest absolute Gasteiger partial charge is 0.0967 e. The summed E-state index contributed by atoms with van der Waals surface area (Å²) in [5, 5.41) is 11.9. The fourth-order valence-electron chi connectivity index (χ4n) is 1.95. The van der Waals surface area contributed by atoms with Crippen molar-refractivity contribution in [3.63, 3.8) is 0 Å². The lowest BCUT2D eigenvalue weighted by Gasteiger charge is -2.22. The van der Waals surface area contributed by atoms with Crippen LogP contribution in [0.4, 0.5) is 5.69 Å². The molecule has 0 saturated carbocycles. The highest BCUT2D eigenvalue weighted by atomic mass is 15.1. The van der Waals surface area contributed by atoms with Crippen LogP contribution in [-0.2, 0) is 0 Å². The maximum Gasteiger partial charge on any atom is 0.0967 e.